The van der Waals surface area contributed by atoms with Gasteiger partial charge in [0, 0.05) is 19.1 Å². The zero-order chi connectivity index (χ0) is 12.8. The molecule has 0 spiro atoms. The Morgan fingerprint density at radius 1 is 1.00 bits per heavy atom. The minimum atomic E-state index is 0.693. The number of likely N-dealkylation sites (tertiary alicyclic amines) is 1. The van der Waals surface area contributed by atoms with Gasteiger partial charge in [-0.25, -0.2) is 0 Å². The normalized spacial score (nSPS) is 38.2. The molecule has 0 amide bonds. The number of benzene rings is 1. The molecule has 102 valence electrons. The van der Waals surface area contributed by atoms with E-state index >= 15 is 0 Å². The van der Waals surface area contributed by atoms with Crippen molar-refractivity contribution in [3.8, 4) is 0 Å². The predicted octanol–water partition coefficient (Wildman–Crippen LogP) is 2.78. The highest BCUT2D eigenvalue weighted by Crippen LogP contribution is 2.43. The molecular weight excluding hydrogens is 232 g/mol. The van der Waals surface area contributed by atoms with Crippen LogP contribution < -0.4 is 5.32 Å². The van der Waals surface area contributed by atoms with Crippen molar-refractivity contribution >= 4 is 0 Å². The average Bonchev–Trinajstić information content (AvgIpc) is 3.00. The summed E-state index contributed by atoms with van der Waals surface area (Å²) in [5.41, 5.74) is 3.23. The van der Waals surface area contributed by atoms with Gasteiger partial charge in [-0.2, -0.15) is 0 Å². The first kappa shape index (κ1) is 11.9. The van der Waals surface area contributed by atoms with Crippen molar-refractivity contribution in [3.63, 3.8) is 0 Å². The Hall–Kier alpha value is -0.860. The van der Waals surface area contributed by atoms with E-state index in [4.69, 9.17) is 0 Å². The van der Waals surface area contributed by atoms with Crippen LogP contribution in [-0.2, 0) is 0 Å². The Labute approximate surface area is 116 Å². The van der Waals surface area contributed by atoms with E-state index in [-0.39, 0.29) is 0 Å². The quantitative estimate of drug-likeness (QED) is 0.831. The largest absolute Gasteiger partial charge is 0.316 e. The molecule has 1 aromatic carbocycles. The van der Waals surface area contributed by atoms with Crippen molar-refractivity contribution in [2.24, 2.45) is 11.8 Å². The van der Waals surface area contributed by atoms with E-state index in [9.17, 15) is 0 Å². The number of rotatable bonds is 1. The monoisotopic (exact) mass is 256 g/mol. The summed E-state index contributed by atoms with van der Waals surface area (Å²) in [6.07, 6.45) is 2.71. The number of hydrogen-bond donors (Lipinski definition) is 1. The zero-order valence-corrected chi connectivity index (χ0v) is 11.8. The van der Waals surface area contributed by atoms with Crippen LogP contribution in [0.3, 0.4) is 0 Å². The highest BCUT2D eigenvalue weighted by Gasteiger charge is 2.40. The van der Waals surface area contributed by atoms with E-state index in [1.165, 1.54) is 39.0 Å². The van der Waals surface area contributed by atoms with Crippen LogP contribution >= 0.6 is 0 Å². The van der Waals surface area contributed by atoms with Gasteiger partial charge in [0.15, 0.2) is 0 Å². The second kappa shape index (κ2) is 4.60. The van der Waals surface area contributed by atoms with Gasteiger partial charge in [0.1, 0.15) is 0 Å². The summed E-state index contributed by atoms with van der Waals surface area (Å²) in [5.74, 6) is 2.56. The van der Waals surface area contributed by atoms with Crippen molar-refractivity contribution in [3.05, 3.63) is 35.4 Å². The van der Waals surface area contributed by atoms with Crippen LogP contribution in [0.25, 0.3) is 0 Å². The molecule has 0 aromatic heterocycles. The summed E-state index contributed by atoms with van der Waals surface area (Å²) in [6.45, 7) is 7.49. The molecule has 2 aliphatic heterocycles. The zero-order valence-electron chi connectivity index (χ0n) is 11.8. The van der Waals surface area contributed by atoms with E-state index < -0.39 is 0 Å². The molecule has 0 bridgehead atoms. The first-order valence-electron chi connectivity index (χ1n) is 7.86. The molecule has 1 aromatic rings. The number of hydrogen-bond acceptors (Lipinski definition) is 2. The van der Waals surface area contributed by atoms with E-state index in [1.54, 1.807) is 11.1 Å². The molecular formula is C17H24N2. The van der Waals surface area contributed by atoms with Gasteiger partial charge in [0.05, 0.1) is 0 Å². The lowest BCUT2D eigenvalue weighted by molar-refractivity contribution is 0.201. The molecule has 2 nitrogen and oxygen atoms in total. The fourth-order valence-corrected chi connectivity index (χ4v) is 4.51. The molecule has 0 radical (unpaired) electrons. The maximum absolute atomic E-state index is 3.55. The fraction of sp³-hybridized carbons (Fsp3) is 0.647. The molecule has 2 heterocycles. The lowest BCUT2D eigenvalue weighted by Gasteiger charge is -2.36. The minimum absolute atomic E-state index is 0.693. The topological polar surface area (TPSA) is 15.3 Å². The lowest BCUT2D eigenvalue weighted by Crippen LogP contribution is -2.32. The van der Waals surface area contributed by atoms with E-state index in [1.807, 2.05) is 0 Å². The average molecular weight is 256 g/mol. The lowest BCUT2D eigenvalue weighted by atomic mass is 9.80. The van der Waals surface area contributed by atoms with Crippen molar-refractivity contribution in [1.82, 2.24) is 10.2 Å². The summed E-state index contributed by atoms with van der Waals surface area (Å²) in [4.78, 5) is 2.78. The van der Waals surface area contributed by atoms with Crippen molar-refractivity contribution in [2.45, 2.75) is 31.7 Å². The van der Waals surface area contributed by atoms with Gasteiger partial charge in [0.2, 0.25) is 0 Å². The van der Waals surface area contributed by atoms with Gasteiger partial charge in [-0.1, -0.05) is 31.2 Å². The maximum Gasteiger partial charge on any atom is 0.0351 e. The summed E-state index contributed by atoms with van der Waals surface area (Å²) >= 11 is 0. The molecule has 4 unspecified atom stereocenters. The number of nitrogens with zero attached hydrogens (tertiary/aromatic N) is 1. The van der Waals surface area contributed by atoms with E-state index in [2.05, 4.69) is 41.4 Å². The Bertz CT molecular complexity index is 458. The SMILES string of the molecule is CC1CCC(N2CC3CNCC3C2)c2ccccc21. The summed E-state index contributed by atoms with van der Waals surface area (Å²) in [5, 5.41) is 3.55. The van der Waals surface area contributed by atoms with Gasteiger partial charge in [0.25, 0.3) is 0 Å². The molecule has 0 saturated carbocycles. The molecule has 4 rings (SSSR count). The third-order valence-corrected chi connectivity index (χ3v) is 5.62. The van der Waals surface area contributed by atoms with Crippen LogP contribution in [0.5, 0.6) is 0 Å². The number of nitrogens with one attached hydrogen (secondary N) is 1. The van der Waals surface area contributed by atoms with Gasteiger partial charge in [-0.15, -0.1) is 0 Å². The second-order valence-corrected chi connectivity index (χ2v) is 6.76. The standard InChI is InChI=1S/C17H24N2/c1-12-6-7-17(16-5-3-2-4-15(12)16)19-10-13-8-18-9-14(13)11-19/h2-5,12-14,17-18H,6-11H2,1H3. The first-order chi connectivity index (χ1) is 9.33. The van der Waals surface area contributed by atoms with Crippen molar-refractivity contribution < 1.29 is 0 Å². The van der Waals surface area contributed by atoms with Crippen LogP contribution in [0.1, 0.15) is 42.9 Å². The Morgan fingerprint density at radius 2 is 1.68 bits per heavy atom. The molecule has 2 saturated heterocycles. The summed E-state index contributed by atoms with van der Waals surface area (Å²) in [7, 11) is 0. The van der Waals surface area contributed by atoms with Gasteiger partial charge < -0.3 is 5.32 Å². The third-order valence-electron chi connectivity index (χ3n) is 5.62. The predicted molar refractivity (Wildman–Crippen MR) is 78.3 cm³/mol. The van der Waals surface area contributed by atoms with Gasteiger partial charge >= 0.3 is 0 Å². The molecule has 19 heavy (non-hydrogen) atoms. The first-order valence-corrected chi connectivity index (χ1v) is 7.86. The summed E-state index contributed by atoms with van der Waals surface area (Å²) < 4.78 is 0. The fourth-order valence-electron chi connectivity index (χ4n) is 4.51. The molecule has 2 fully saturated rings. The van der Waals surface area contributed by atoms with Gasteiger partial charge in [-0.3, -0.25) is 4.90 Å². The van der Waals surface area contributed by atoms with Crippen LogP contribution in [0, 0.1) is 11.8 Å². The Balaban J connectivity index is 1.61. The molecule has 1 N–H and O–H groups in total. The maximum atomic E-state index is 3.55. The minimum Gasteiger partial charge on any atom is -0.316 e. The van der Waals surface area contributed by atoms with Crippen LogP contribution in [0.4, 0.5) is 0 Å². The van der Waals surface area contributed by atoms with E-state index in [0.29, 0.717) is 6.04 Å². The Morgan fingerprint density at radius 3 is 2.42 bits per heavy atom. The molecule has 1 aliphatic carbocycles. The second-order valence-electron chi connectivity index (χ2n) is 6.76. The Kier molecular flexibility index (Phi) is 2.89. The highest BCUT2D eigenvalue weighted by molar-refractivity contribution is 5.35. The molecule has 3 aliphatic rings. The van der Waals surface area contributed by atoms with Crippen LogP contribution in [0.2, 0.25) is 0 Å². The molecule has 2 heteroatoms. The smallest absolute Gasteiger partial charge is 0.0351 e. The van der Waals surface area contributed by atoms with E-state index in [0.717, 1.165) is 17.8 Å². The van der Waals surface area contributed by atoms with Gasteiger partial charge in [-0.05, 0) is 54.8 Å². The molecule has 4 atom stereocenters. The van der Waals surface area contributed by atoms with Crippen LogP contribution in [-0.4, -0.2) is 31.1 Å². The van der Waals surface area contributed by atoms with Crippen LogP contribution in [0.15, 0.2) is 24.3 Å². The third kappa shape index (κ3) is 1.93. The highest BCUT2D eigenvalue weighted by atomic mass is 15.2. The van der Waals surface area contributed by atoms with Crippen molar-refractivity contribution in [1.29, 1.82) is 0 Å². The van der Waals surface area contributed by atoms with Crippen molar-refractivity contribution in [2.75, 3.05) is 26.2 Å². The number of fused-ring (bicyclic) bond motifs is 2. The summed E-state index contributed by atoms with van der Waals surface area (Å²) in [6, 6.07) is 9.85.